The quantitative estimate of drug-likeness (QED) is 0.856. The van der Waals surface area contributed by atoms with Gasteiger partial charge in [0.1, 0.15) is 11.9 Å². The van der Waals surface area contributed by atoms with E-state index in [0.717, 1.165) is 12.2 Å². The van der Waals surface area contributed by atoms with Crippen molar-refractivity contribution in [3.05, 3.63) is 65.7 Å². The zero-order chi connectivity index (χ0) is 14.4. The molecule has 0 aromatic heterocycles. The van der Waals surface area contributed by atoms with Crippen LogP contribution in [-0.2, 0) is 6.42 Å². The Kier molecular flexibility index (Phi) is 5.19. The fourth-order valence-corrected chi connectivity index (χ4v) is 2.42. The normalized spacial score (nSPS) is 13.8. The van der Waals surface area contributed by atoms with Gasteiger partial charge in [-0.15, -0.1) is 0 Å². The molecule has 2 atom stereocenters. The van der Waals surface area contributed by atoms with Gasteiger partial charge < -0.3 is 10.1 Å². The van der Waals surface area contributed by atoms with E-state index in [1.165, 1.54) is 11.1 Å². The van der Waals surface area contributed by atoms with E-state index >= 15 is 0 Å². The van der Waals surface area contributed by atoms with Crippen molar-refractivity contribution in [3.63, 3.8) is 0 Å². The average molecular weight is 269 g/mol. The number of hydrogen-bond acceptors (Lipinski definition) is 2. The van der Waals surface area contributed by atoms with Crippen LogP contribution >= 0.6 is 0 Å². The topological polar surface area (TPSA) is 21.3 Å². The van der Waals surface area contributed by atoms with Crippen LogP contribution in [0.2, 0.25) is 0 Å². The largest absolute Gasteiger partial charge is 0.489 e. The van der Waals surface area contributed by atoms with Gasteiger partial charge in [0, 0.05) is 0 Å². The molecule has 1 N–H and O–H groups in total. The molecule has 0 saturated carbocycles. The first kappa shape index (κ1) is 14.6. The van der Waals surface area contributed by atoms with Crippen molar-refractivity contribution >= 4 is 0 Å². The van der Waals surface area contributed by atoms with E-state index in [1.54, 1.807) is 0 Å². The van der Waals surface area contributed by atoms with Crippen LogP contribution in [0.15, 0.2) is 54.6 Å². The second-order valence-corrected chi connectivity index (χ2v) is 5.00. The smallest absolute Gasteiger partial charge is 0.119 e. The molecule has 2 aromatic carbocycles. The zero-order valence-corrected chi connectivity index (χ0v) is 12.5. The third kappa shape index (κ3) is 3.61. The maximum Gasteiger partial charge on any atom is 0.119 e. The highest BCUT2D eigenvalue weighted by atomic mass is 16.5. The number of nitrogens with one attached hydrogen (secondary N) is 1. The molecule has 2 unspecified atom stereocenters. The second-order valence-electron chi connectivity index (χ2n) is 5.00. The van der Waals surface area contributed by atoms with Gasteiger partial charge in [0.15, 0.2) is 0 Å². The third-order valence-corrected chi connectivity index (χ3v) is 3.59. The molecule has 0 amide bonds. The van der Waals surface area contributed by atoms with E-state index in [9.17, 15) is 0 Å². The number of likely N-dealkylation sites (N-methyl/N-ethyl adjacent to an activating group) is 1. The first-order chi connectivity index (χ1) is 9.74. The van der Waals surface area contributed by atoms with Gasteiger partial charge in [-0.25, -0.2) is 0 Å². The highest BCUT2D eigenvalue weighted by molar-refractivity contribution is 5.28. The van der Waals surface area contributed by atoms with Crippen molar-refractivity contribution in [1.29, 1.82) is 0 Å². The van der Waals surface area contributed by atoms with Crippen LogP contribution in [0.25, 0.3) is 0 Å². The lowest BCUT2D eigenvalue weighted by atomic mass is 10.0. The van der Waals surface area contributed by atoms with Crippen molar-refractivity contribution in [2.45, 2.75) is 32.4 Å². The Morgan fingerprint density at radius 3 is 2.20 bits per heavy atom. The van der Waals surface area contributed by atoms with Crippen molar-refractivity contribution in [2.75, 3.05) is 7.05 Å². The van der Waals surface area contributed by atoms with E-state index in [1.807, 2.05) is 25.2 Å². The van der Waals surface area contributed by atoms with Crippen LogP contribution in [0, 0.1) is 0 Å². The minimum atomic E-state index is 0.0647. The Bertz CT molecular complexity index is 507. The molecule has 0 spiro atoms. The summed E-state index contributed by atoms with van der Waals surface area (Å²) >= 11 is 0. The molecule has 0 aliphatic rings. The van der Waals surface area contributed by atoms with E-state index in [2.05, 4.69) is 55.6 Å². The molecule has 0 aliphatic heterocycles. The van der Waals surface area contributed by atoms with Gasteiger partial charge in [0.05, 0.1) is 6.04 Å². The fraction of sp³-hybridized carbons (Fsp3) is 0.333. The van der Waals surface area contributed by atoms with E-state index in [-0.39, 0.29) is 12.1 Å². The minimum absolute atomic E-state index is 0.0647. The molecule has 2 nitrogen and oxygen atoms in total. The third-order valence-electron chi connectivity index (χ3n) is 3.59. The second kappa shape index (κ2) is 7.11. The molecule has 0 bridgehead atoms. The van der Waals surface area contributed by atoms with Gasteiger partial charge in [0.2, 0.25) is 0 Å². The Balaban J connectivity index is 2.07. The summed E-state index contributed by atoms with van der Waals surface area (Å²) in [5.74, 6) is 0.922. The van der Waals surface area contributed by atoms with Crippen molar-refractivity contribution in [3.8, 4) is 5.75 Å². The number of hydrogen-bond donors (Lipinski definition) is 1. The van der Waals surface area contributed by atoms with Crippen LogP contribution in [0.3, 0.4) is 0 Å². The monoisotopic (exact) mass is 269 g/mol. The van der Waals surface area contributed by atoms with E-state index in [4.69, 9.17) is 4.74 Å². The molecular formula is C18H23NO. The molecule has 2 rings (SSSR count). The van der Waals surface area contributed by atoms with Crippen LogP contribution in [0.5, 0.6) is 5.75 Å². The predicted octanol–water partition coefficient (Wildman–Crippen LogP) is 3.98. The van der Waals surface area contributed by atoms with E-state index in [0.29, 0.717) is 0 Å². The Morgan fingerprint density at radius 1 is 1.00 bits per heavy atom. The lowest BCUT2D eigenvalue weighted by Gasteiger charge is -2.25. The van der Waals surface area contributed by atoms with Crippen LogP contribution in [0.1, 0.15) is 31.0 Å². The number of aryl methyl sites for hydroxylation is 1. The number of rotatable bonds is 6. The fourth-order valence-electron chi connectivity index (χ4n) is 2.42. The number of benzene rings is 2. The highest BCUT2D eigenvalue weighted by Crippen LogP contribution is 2.22. The van der Waals surface area contributed by atoms with Crippen molar-refractivity contribution in [2.24, 2.45) is 0 Å². The molecular weight excluding hydrogens is 246 g/mol. The molecule has 20 heavy (non-hydrogen) atoms. The minimum Gasteiger partial charge on any atom is -0.489 e. The first-order valence-electron chi connectivity index (χ1n) is 7.22. The summed E-state index contributed by atoms with van der Waals surface area (Å²) in [7, 11) is 1.97. The summed E-state index contributed by atoms with van der Waals surface area (Å²) in [4.78, 5) is 0. The lowest BCUT2D eigenvalue weighted by molar-refractivity contribution is 0.175. The van der Waals surface area contributed by atoms with E-state index < -0.39 is 0 Å². The Hall–Kier alpha value is -1.80. The van der Waals surface area contributed by atoms with Gasteiger partial charge in [-0.1, -0.05) is 49.4 Å². The maximum atomic E-state index is 6.06. The van der Waals surface area contributed by atoms with Gasteiger partial charge in [-0.05, 0) is 43.7 Å². The molecule has 0 fully saturated rings. The Morgan fingerprint density at radius 2 is 1.65 bits per heavy atom. The molecule has 106 valence electrons. The standard InChI is InChI=1S/C18H23NO/c1-4-15-10-12-17(13-11-15)20-14(2)18(19-3)16-8-6-5-7-9-16/h5-14,18-19H,4H2,1-3H3. The molecule has 0 aliphatic carbocycles. The van der Waals surface area contributed by atoms with Gasteiger partial charge in [-0.2, -0.15) is 0 Å². The molecule has 0 saturated heterocycles. The first-order valence-corrected chi connectivity index (χ1v) is 7.22. The summed E-state index contributed by atoms with van der Waals surface area (Å²) in [5, 5.41) is 3.34. The maximum absolute atomic E-state index is 6.06. The average Bonchev–Trinajstić information content (AvgIpc) is 2.50. The van der Waals surface area contributed by atoms with Crippen LogP contribution < -0.4 is 10.1 Å². The molecule has 2 aromatic rings. The van der Waals surface area contributed by atoms with Crippen LogP contribution in [0.4, 0.5) is 0 Å². The summed E-state index contributed by atoms with van der Waals surface area (Å²) in [6, 6.07) is 18.9. The molecule has 0 radical (unpaired) electrons. The lowest BCUT2D eigenvalue weighted by Crippen LogP contribution is -2.31. The van der Waals surface area contributed by atoms with Crippen molar-refractivity contribution in [1.82, 2.24) is 5.32 Å². The Labute approximate surface area is 121 Å². The predicted molar refractivity (Wildman–Crippen MR) is 84.2 cm³/mol. The molecule has 2 heteroatoms. The van der Waals surface area contributed by atoms with Gasteiger partial charge >= 0.3 is 0 Å². The molecule has 0 heterocycles. The summed E-state index contributed by atoms with van der Waals surface area (Å²) in [5.41, 5.74) is 2.57. The summed E-state index contributed by atoms with van der Waals surface area (Å²) in [6.07, 6.45) is 1.12. The summed E-state index contributed by atoms with van der Waals surface area (Å²) in [6.45, 7) is 4.26. The van der Waals surface area contributed by atoms with Gasteiger partial charge in [0.25, 0.3) is 0 Å². The zero-order valence-electron chi connectivity index (χ0n) is 12.5. The number of ether oxygens (including phenoxy) is 1. The van der Waals surface area contributed by atoms with Crippen LogP contribution in [-0.4, -0.2) is 13.2 Å². The SMILES string of the molecule is CCc1ccc(OC(C)C(NC)c2ccccc2)cc1. The summed E-state index contributed by atoms with van der Waals surface area (Å²) < 4.78 is 6.06. The van der Waals surface area contributed by atoms with Crippen molar-refractivity contribution < 1.29 is 4.74 Å². The van der Waals surface area contributed by atoms with Gasteiger partial charge in [-0.3, -0.25) is 0 Å². The highest BCUT2D eigenvalue weighted by Gasteiger charge is 2.18.